The summed E-state index contributed by atoms with van der Waals surface area (Å²) < 4.78 is 11.2. The lowest BCUT2D eigenvalue weighted by Gasteiger charge is -2.22. The van der Waals surface area contributed by atoms with Gasteiger partial charge in [-0.2, -0.15) is 0 Å². The Balaban J connectivity index is 1.76. The predicted octanol–water partition coefficient (Wildman–Crippen LogP) is 5.79. The van der Waals surface area contributed by atoms with Gasteiger partial charge < -0.3 is 14.8 Å². The van der Waals surface area contributed by atoms with E-state index in [4.69, 9.17) is 9.47 Å². The van der Waals surface area contributed by atoms with Crippen molar-refractivity contribution in [3.8, 4) is 11.5 Å². The summed E-state index contributed by atoms with van der Waals surface area (Å²) in [6, 6.07) is 25.1. The molecule has 4 nitrogen and oxygen atoms in total. The van der Waals surface area contributed by atoms with Gasteiger partial charge in [-0.25, -0.2) is 0 Å². The van der Waals surface area contributed by atoms with E-state index < -0.39 is 0 Å². The highest BCUT2D eigenvalue weighted by atomic mass is 16.5. The molecule has 0 aliphatic rings. The third-order valence-corrected chi connectivity index (χ3v) is 4.90. The van der Waals surface area contributed by atoms with E-state index in [1.807, 2.05) is 72.8 Å². The maximum atomic E-state index is 13.1. The zero-order valence-corrected chi connectivity index (χ0v) is 17.8. The largest absolute Gasteiger partial charge is 0.497 e. The number of hydrogen-bond donors (Lipinski definition) is 1. The Kier molecular flexibility index (Phi) is 7.50. The summed E-state index contributed by atoms with van der Waals surface area (Å²) in [6.07, 6.45) is 0.838. The van der Waals surface area contributed by atoms with Crippen molar-refractivity contribution >= 4 is 5.91 Å². The van der Waals surface area contributed by atoms with Crippen LogP contribution in [0.5, 0.6) is 11.5 Å². The molecule has 0 spiro atoms. The lowest BCUT2D eigenvalue weighted by atomic mass is 9.96. The molecule has 1 amide bonds. The molecule has 4 heteroatoms. The van der Waals surface area contributed by atoms with Gasteiger partial charge in [0.25, 0.3) is 5.91 Å². The van der Waals surface area contributed by atoms with E-state index in [0.717, 1.165) is 23.3 Å². The Labute approximate surface area is 178 Å². The standard InChI is InChI=1S/C26H29NO3/c1-19(2)17-24(21-13-15-22(29-3)16-14-21)27-26(28)23-11-7-8-12-25(23)30-18-20-9-5-4-6-10-20/h4-16,19,24H,17-18H2,1-3H3,(H,27,28)/t24-/m0/s1. The van der Waals surface area contributed by atoms with Crippen LogP contribution < -0.4 is 14.8 Å². The lowest BCUT2D eigenvalue weighted by molar-refractivity contribution is 0.0927. The van der Waals surface area contributed by atoms with Crippen LogP contribution in [-0.4, -0.2) is 13.0 Å². The highest BCUT2D eigenvalue weighted by Gasteiger charge is 2.19. The average molecular weight is 404 g/mol. The highest BCUT2D eigenvalue weighted by Crippen LogP contribution is 2.26. The average Bonchev–Trinajstić information content (AvgIpc) is 2.78. The summed E-state index contributed by atoms with van der Waals surface area (Å²) in [5.74, 6) is 1.67. The number of benzene rings is 3. The van der Waals surface area contributed by atoms with E-state index in [0.29, 0.717) is 23.8 Å². The zero-order valence-electron chi connectivity index (χ0n) is 17.8. The molecule has 3 aromatic rings. The molecule has 0 saturated heterocycles. The van der Waals surface area contributed by atoms with Gasteiger partial charge in [-0.3, -0.25) is 4.79 Å². The van der Waals surface area contributed by atoms with E-state index in [-0.39, 0.29) is 11.9 Å². The number of carbonyl (C=O) groups is 1. The fraction of sp³-hybridized carbons (Fsp3) is 0.269. The molecule has 0 aliphatic carbocycles. The smallest absolute Gasteiger partial charge is 0.255 e. The summed E-state index contributed by atoms with van der Waals surface area (Å²) in [5.41, 5.74) is 2.65. The number of rotatable bonds is 9. The van der Waals surface area contributed by atoms with Gasteiger partial charge >= 0.3 is 0 Å². The number of para-hydroxylation sites is 1. The molecule has 156 valence electrons. The van der Waals surface area contributed by atoms with Gasteiger partial charge in [0.15, 0.2) is 0 Å². The number of methoxy groups -OCH3 is 1. The number of amides is 1. The van der Waals surface area contributed by atoms with Crippen molar-refractivity contribution in [2.24, 2.45) is 5.92 Å². The molecule has 0 radical (unpaired) electrons. The van der Waals surface area contributed by atoms with Crippen molar-refractivity contribution in [3.63, 3.8) is 0 Å². The Bertz CT molecular complexity index is 936. The van der Waals surface area contributed by atoms with Gasteiger partial charge in [0.05, 0.1) is 18.7 Å². The Hall–Kier alpha value is -3.27. The maximum Gasteiger partial charge on any atom is 0.255 e. The fourth-order valence-electron chi connectivity index (χ4n) is 3.34. The number of carbonyl (C=O) groups excluding carboxylic acids is 1. The van der Waals surface area contributed by atoms with Crippen LogP contribution in [0, 0.1) is 5.92 Å². The third-order valence-electron chi connectivity index (χ3n) is 4.90. The van der Waals surface area contributed by atoms with Crippen molar-refractivity contribution in [1.82, 2.24) is 5.32 Å². The summed E-state index contributed by atoms with van der Waals surface area (Å²) in [7, 11) is 1.65. The van der Waals surface area contributed by atoms with Gasteiger partial charge in [0, 0.05) is 0 Å². The van der Waals surface area contributed by atoms with Crippen LogP contribution in [0.15, 0.2) is 78.9 Å². The lowest BCUT2D eigenvalue weighted by Crippen LogP contribution is -2.30. The number of hydrogen-bond acceptors (Lipinski definition) is 3. The second kappa shape index (κ2) is 10.5. The molecule has 30 heavy (non-hydrogen) atoms. The van der Waals surface area contributed by atoms with Crippen LogP contribution in [0.2, 0.25) is 0 Å². The number of ether oxygens (including phenoxy) is 2. The van der Waals surface area contributed by atoms with Crippen LogP contribution in [-0.2, 0) is 6.61 Å². The minimum absolute atomic E-state index is 0.0921. The molecule has 0 aliphatic heterocycles. The molecule has 0 unspecified atom stereocenters. The van der Waals surface area contributed by atoms with Crippen LogP contribution >= 0.6 is 0 Å². The minimum Gasteiger partial charge on any atom is -0.497 e. The van der Waals surface area contributed by atoms with E-state index in [1.165, 1.54) is 0 Å². The number of nitrogens with one attached hydrogen (secondary N) is 1. The molecule has 0 bridgehead atoms. The fourth-order valence-corrected chi connectivity index (χ4v) is 3.34. The normalized spacial score (nSPS) is 11.7. The summed E-state index contributed by atoms with van der Waals surface area (Å²) in [6.45, 7) is 4.72. The molecule has 0 saturated carbocycles. The van der Waals surface area contributed by atoms with E-state index in [9.17, 15) is 4.79 Å². The van der Waals surface area contributed by atoms with Gasteiger partial charge in [0.2, 0.25) is 0 Å². The first-order valence-electron chi connectivity index (χ1n) is 10.3. The van der Waals surface area contributed by atoms with Crippen molar-refractivity contribution in [2.75, 3.05) is 7.11 Å². The molecule has 1 N–H and O–H groups in total. The van der Waals surface area contributed by atoms with Crippen LogP contribution in [0.25, 0.3) is 0 Å². The van der Waals surface area contributed by atoms with Crippen molar-refractivity contribution in [1.29, 1.82) is 0 Å². The summed E-state index contributed by atoms with van der Waals surface area (Å²) in [4.78, 5) is 13.1. The first-order valence-corrected chi connectivity index (χ1v) is 10.3. The minimum atomic E-state index is -0.139. The third kappa shape index (κ3) is 5.86. The van der Waals surface area contributed by atoms with Crippen molar-refractivity contribution < 1.29 is 14.3 Å². The molecule has 0 heterocycles. The van der Waals surface area contributed by atoms with Crippen molar-refractivity contribution in [2.45, 2.75) is 32.9 Å². The van der Waals surface area contributed by atoms with E-state index in [1.54, 1.807) is 13.2 Å². The van der Waals surface area contributed by atoms with Crippen LogP contribution in [0.4, 0.5) is 0 Å². The Morgan fingerprint density at radius 1 is 0.900 bits per heavy atom. The first-order chi connectivity index (χ1) is 14.6. The van der Waals surface area contributed by atoms with Gasteiger partial charge in [0.1, 0.15) is 18.1 Å². The quantitative estimate of drug-likeness (QED) is 0.492. The maximum absolute atomic E-state index is 13.1. The summed E-state index contributed by atoms with van der Waals surface area (Å²) >= 11 is 0. The van der Waals surface area contributed by atoms with Gasteiger partial charge in [-0.1, -0.05) is 68.4 Å². The Morgan fingerprint density at radius 2 is 1.57 bits per heavy atom. The highest BCUT2D eigenvalue weighted by molar-refractivity contribution is 5.97. The molecule has 3 rings (SSSR count). The van der Waals surface area contributed by atoms with Crippen LogP contribution in [0.3, 0.4) is 0 Å². The topological polar surface area (TPSA) is 47.6 Å². The van der Waals surface area contributed by atoms with Gasteiger partial charge in [-0.05, 0) is 47.7 Å². The molecular formula is C26H29NO3. The summed E-state index contributed by atoms with van der Waals surface area (Å²) in [5, 5.41) is 3.20. The predicted molar refractivity (Wildman–Crippen MR) is 120 cm³/mol. The molecule has 1 atom stereocenters. The van der Waals surface area contributed by atoms with E-state index in [2.05, 4.69) is 19.2 Å². The SMILES string of the molecule is COc1ccc([C@H](CC(C)C)NC(=O)c2ccccc2OCc2ccccc2)cc1. The monoisotopic (exact) mass is 403 g/mol. The first kappa shape index (κ1) is 21.4. The zero-order chi connectivity index (χ0) is 21.3. The molecule has 0 aromatic heterocycles. The Morgan fingerprint density at radius 3 is 2.23 bits per heavy atom. The second-order valence-corrected chi connectivity index (χ2v) is 7.70. The van der Waals surface area contributed by atoms with E-state index >= 15 is 0 Å². The molecular weight excluding hydrogens is 374 g/mol. The van der Waals surface area contributed by atoms with Gasteiger partial charge in [-0.15, -0.1) is 0 Å². The second-order valence-electron chi connectivity index (χ2n) is 7.70. The molecule has 3 aromatic carbocycles. The van der Waals surface area contributed by atoms with Crippen LogP contribution in [0.1, 0.15) is 47.8 Å². The molecule has 0 fully saturated rings. The van der Waals surface area contributed by atoms with Crippen molar-refractivity contribution in [3.05, 3.63) is 95.6 Å².